The summed E-state index contributed by atoms with van der Waals surface area (Å²) in [5.74, 6) is 0.0578. The molecule has 0 radical (unpaired) electrons. The van der Waals surface area contributed by atoms with Crippen LogP contribution in [0.25, 0.3) is 0 Å². The molecule has 0 aliphatic carbocycles. The van der Waals surface area contributed by atoms with E-state index in [4.69, 9.17) is 0 Å². The van der Waals surface area contributed by atoms with Crippen LogP contribution in [0.1, 0.15) is 6.42 Å². The van der Waals surface area contributed by atoms with E-state index in [1.54, 1.807) is 0 Å². The van der Waals surface area contributed by atoms with Gasteiger partial charge in [-0.2, -0.15) is 0 Å². The summed E-state index contributed by atoms with van der Waals surface area (Å²) < 4.78 is 0.911. The van der Waals surface area contributed by atoms with Gasteiger partial charge in [-0.1, -0.05) is 12.1 Å². The molecule has 2 rings (SSSR count). The van der Waals surface area contributed by atoms with Crippen LogP contribution >= 0.6 is 15.9 Å². The molecule has 0 spiro atoms. The topological polar surface area (TPSA) is 44.4 Å². The number of hydrogen-bond acceptors (Lipinski definition) is 3. The summed E-state index contributed by atoms with van der Waals surface area (Å²) in [4.78, 5) is 14.2. The Balaban J connectivity index is 1.90. The summed E-state index contributed by atoms with van der Waals surface area (Å²) in [7, 11) is 2.07. The Morgan fingerprint density at radius 2 is 2.33 bits per heavy atom. The Kier molecular flexibility index (Phi) is 4.74. The molecular formula is C13H18BrN3O. The highest BCUT2D eigenvalue weighted by atomic mass is 79.9. The number of piperazine rings is 1. The highest BCUT2D eigenvalue weighted by Gasteiger charge is 2.21. The number of carbonyl (C=O) groups is 1. The number of carbonyl (C=O) groups excluding carboxylic acids is 1. The summed E-state index contributed by atoms with van der Waals surface area (Å²) in [6, 6.07) is 7.93. The molecule has 4 nitrogen and oxygen atoms in total. The summed E-state index contributed by atoms with van der Waals surface area (Å²) in [6.45, 7) is 2.87. The van der Waals surface area contributed by atoms with Gasteiger partial charge in [-0.15, -0.1) is 0 Å². The fourth-order valence-electron chi connectivity index (χ4n) is 2.07. The minimum absolute atomic E-state index is 0.0578. The summed E-state index contributed by atoms with van der Waals surface area (Å²) >= 11 is 3.42. The number of hydrogen-bond donors (Lipinski definition) is 2. The fraction of sp³-hybridized carbons (Fsp3) is 0.462. The van der Waals surface area contributed by atoms with Crippen LogP contribution < -0.4 is 10.6 Å². The quantitative estimate of drug-likeness (QED) is 0.892. The monoisotopic (exact) mass is 311 g/mol. The zero-order valence-electron chi connectivity index (χ0n) is 10.4. The minimum Gasteiger partial charge on any atom is -0.325 e. The Morgan fingerprint density at radius 3 is 3.06 bits per heavy atom. The number of nitrogens with zero attached hydrogens (tertiary/aromatic N) is 1. The molecule has 0 aromatic heterocycles. The van der Waals surface area contributed by atoms with Crippen LogP contribution in [0.2, 0.25) is 0 Å². The minimum atomic E-state index is 0.0578. The smallest absolute Gasteiger partial charge is 0.226 e. The first-order valence-corrected chi connectivity index (χ1v) is 6.91. The molecule has 1 heterocycles. The van der Waals surface area contributed by atoms with Crippen LogP contribution in [0.15, 0.2) is 28.7 Å². The number of rotatable bonds is 3. The van der Waals surface area contributed by atoms with E-state index in [-0.39, 0.29) is 11.9 Å². The predicted molar refractivity (Wildman–Crippen MR) is 76.7 cm³/mol. The van der Waals surface area contributed by atoms with Crippen molar-refractivity contribution in [1.82, 2.24) is 10.2 Å². The number of halogens is 1. The van der Waals surface area contributed by atoms with Crippen LogP contribution in [0, 0.1) is 0 Å². The number of amides is 1. The SMILES string of the molecule is CN1CCNCC1CC(=O)Nc1ccccc1Br. The van der Waals surface area contributed by atoms with Crippen molar-refractivity contribution in [1.29, 1.82) is 0 Å². The fourth-order valence-corrected chi connectivity index (χ4v) is 2.45. The van der Waals surface area contributed by atoms with Gasteiger partial charge in [-0.05, 0) is 35.1 Å². The van der Waals surface area contributed by atoms with Crippen LogP contribution in [-0.2, 0) is 4.79 Å². The number of benzene rings is 1. The van der Waals surface area contributed by atoms with E-state index >= 15 is 0 Å². The molecule has 1 unspecified atom stereocenters. The van der Waals surface area contributed by atoms with E-state index in [1.165, 1.54) is 0 Å². The molecule has 1 atom stereocenters. The molecule has 98 valence electrons. The second-order valence-electron chi connectivity index (χ2n) is 4.57. The van der Waals surface area contributed by atoms with Crippen LogP contribution in [0.3, 0.4) is 0 Å². The maximum absolute atomic E-state index is 12.0. The Morgan fingerprint density at radius 1 is 1.56 bits per heavy atom. The van der Waals surface area contributed by atoms with Gasteiger partial charge in [0.1, 0.15) is 0 Å². The number of likely N-dealkylation sites (N-methyl/N-ethyl adjacent to an activating group) is 1. The van der Waals surface area contributed by atoms with E-state index in [1.807, 2.05) is 24.3 Å². The third-order valence-corrected chi connectivity index (χ3v) is 3.91. The second kappa shape index (κ2) is 6.31. The van der Waals surface area contributed by atoms with Crippen molar-refractivity contribution in [2.75, 3.05) is 32.0 Å². The molecule has 1 aromatic carbocycles. The Bertz CT molecular complexity index is 424. The van der Waals surface area contributed by atoms with E-state index in [2.05, 4.69) is 38.5 Å². The number of nitrogens with one attached hydrogen (secondary N) is 2. The molecule has 5 heteroatoms. The Hall–Kier alpha value is -0.910. The third-order valence-electron chi connectivity index (χ3n) is 3.21. The molecule has 1 aliphatic heterocycles. The van der Waals surface area contributed by atoms with E-state index in [0.29, 0.717) is 6.42 Å². The van der Waals surface area contributed by atoms with Gasteiger partial charge in [0.2, 0.25) is 5.91 Å². The third kappa shape index (κ3) is 3.54. The second-order valence-corrected chi connectivity index (χ2v) is 5.43. The number of anilines is 1. The largest absolute Gasteiger partial charge is 0.325 e. The summed E-state index contributed by atoms with van der Waals surface area (Å²) in [5, 5.41) is 6.25. The van der Waals surface area contributed by atoms with Crippen molar-refractivity contribution in [2.45, 2.75) is 12.5 Å². The van der Waals surface area contributed by atoms with E-state index in [9.17, 15) is 4.79 Å². The predicted octanol–water partition coefficient (Wildman–Crippen LogP) is 1.68. The van der Waals surface area contributed by atoms with Crippen molar-refractivity contribution in [3.8, 4) is 0 Å². The lowest BCUT2D eigenvalue weighted by Crippen LogP contribution is -2.50. The molecule has 0 saturated carbocycles. The lowest BCUT2D eigenvalue weighted by Gasteiger charge is -2.32. The van der Waals surface area contributed by atoms with Crippen molar-refractivity contribution >= 4 is 27.5 Å². The lowest BCUT2D eigenvalue weighted by atomic mass is 10.1. The van der Waals surface area contributed by atoms with Crippen molar-refractivity contribution in [3.05, 3.63) is 28.7 Å². The molecule has 2 N–H and O–H groups in total. The van der Waals surface area contributed by atoms with E-state index < -0.39 is 0 Å². The van der Waals surface area contributed by atoms with E-state index in [0.717, 1.165) is 29.8 Å². The first kappa shape index (κ1) is 13.5. The zero-order valence-corrected chi connectivity index (χ0v) is 12.0. The van der Waals surface area contributed by atoms with Crippen molar-refractivity contribution < 1.29 is 4.79 Å². The van der Waals surface area contributed by atoms with Gasteiger partial charge in [-0.25, -0.2) is 0 Å². The standard InChI is InChI=1S/C13H18BrN3O/c1-17-7-6-15-9-10(17)8-13(18)16-12-5-3-2-4-11(12)14/h2-5,10,15H,6-9H2,1H3,(H,16,18). The van der Waals surface area contributed by atoms with Crippen LogP contribution in [0.4, 0.5) is 5.69 Å². The van der Waals surface area contributed by atoms with Gasteiger partial charge in [0.05, 0.1) is 5.69 Å². The lowest BCUT2D eigenvalue weighted by molar-refractivity contribution is -0.117. The van der Waals surface area contributed by atoms with Gasteiger partial charge in [0, 0.05) is 36.6 Å². The summed E-state index contributed by atoms with van der Waals surface area (Å²) in [5.41, 5.74) is 0.828. The number of para-hydroxylation sites is 1. The molecule has 0 bridgehead atoms. The van der Waals surface area contributed by atoms with Gasteiger partial charge in [-0.3, -0.25) is 4.79 Å². The molecule has 1 aromatic rings. The molecule has 1 amide bonds. The first-order chi connectivity index (χ1) is 8.66. The average molecular weight is 312 g/mol. The zero-order chi connectivity index (χ0) is 13.0. The van der Waals surface area contributed by atoms with Gasteiger partial charge >= 0.3 is 0 Å². The molecular weight excluding hydrogens is 294 g/mol. The van der Waals surface area contributed by atoms with Gasteiger partial charge < -0.3 is 15.5 Å². The maximum Gasteiger partial charge on any atom is 0.226 e. The Labute approximate surface area is 116 Å². The van der Waals surface area contributed by atoms with Gasteiger partial charge in [0.15, 0.2) is 0 Å². The first-order valence-electron chi connectivity index (χ1n) is 6.12. The highest BCUT2D eigenvalue weighted by Crippen LogP contribution is 2.21. The summed E-state index contributed by atoms with van der Waals surface area (Å²) in [6.07, 6.45) is 0.519. The van der Waals surface area contributed by atoms with Crippen molar-refractivity contribution in [3.63, 3.8) is 0 Å². The van der Waals surface area contributed by atoms with Crippen LogP contribution in [-0.4, -0.2) is 43.5 Å². The maximum atomic E-state index is 12.0. The average Bonchev–Trinajstić information content (AvgIpc) is 2.35. The molecule has 1 saturated heterocycles. The highest BCUT2D eigenvalue weighted by molar-refractivity contribution is 9.10. The molecule has 1 aliphatic rings. The molecule has 1 fully saturated rings. The normalized spacial score (nSPS) is 20.7. The van der Waals surface area contributed by atoms with Gasteiger partial charge in [0.25, 0.3) is 0 Å². The molecule has 18 heavy (non-hydrogen) atoms. The van der Waals surface area contributed by atoms with Crippen LogP contribution in [0.5, 0.6) is 0 Å². The van der Waals surface area contributed by atoms with Crippen molar-refractivity contribution in [2.24, 2.45) is 0 Å².